The first kappa shape index (κ1) is 24.0. The summed E-state index contributed by atoms with van der Waals surface area (Å²) in [6.45, 7) is 0. The van der Waals surface area contributed by atoms with Gasteiger partial charge in [-0.05, 0) is 42.7 Å². The summed E-state index contributed by atoms with van der Waals surface area (Å²) in [4.78, 5) is 41.5. The second-order valence-electron chi connectivity index (χ2n) is 7.81. The Morgan fingerprint density at radius 1 is 1.06 bits per heavy atom. The Morgan fingerprint density at radius 2 is 1.78 bits per heavy atom. The second kappa shape index (κ2) is 11.3. The molecule has 2 aromatic rings. The molecule has 1 aromatic carbocycles. The van der Waals surface area contributed by atoms with Crippen molar-refractivity contribution in [2.24, 2.45) is 5.92 Å². The van der Waals surface area contributed by atoms with E-state index in [4.69, 9.17) is 23.2 Å². The number of benzene rings is 1. The Kier molecular flexibility index (Phi) is 8.47. The zero-order valence-corrected chi connectivity index (χ0v) is 19.2. The van der Waals surface area contributed by atoms with Gasteiger partial charge in [0, 0.05) is 11.8 Å². The van der Waals surface area contributed by atoms with Crippen molar-refractivity contribution >= 4 is 46.8 Å². The molecule has 170 valence electrons. The van der Waals surface area contributed by atoms with Gasteiger partial charge in [-0.15, -0.1) is 0 Å². The number of carbonyl (C=O) groups is 3. The number of nitrogens with zero attached hydrogens (tertiary/aromatic N) is 1. The van der Waals surface area contributed by atoms with Crippen LogP contribution in [0.5, 0.6) is 0 Å². The summed E-state index contributed by atoms with van der Waals surface area (Å²) in [5.41, 5.74) is 0.596. The number of aromatic nitrogens is 1. The summed E-state index contributed by atoms with van der Waals surface area (Å²) in [6, 6.07) is 6.86. The topological polar surface area (TPSA) is 97.4 Å². The molecule has 1 aliphatic rings. The largest absolute Gasteiger partial charge is 0.465 e. The maximum Gasteiger partial charge on any atom is 0.339 e. The average molecular weight is 478 g/mol. The molecular formula is C23H25Cl2N3O4. The van der Waals surface area contributed by atoms with E-state index < -0.39 is 17.9 Å². The van der Waals surface area contributed by atoms with Crippen molar-refractivity contribution in [2.45, 2.75) is 44.6 Å². The molecule has 0 bridgehead atoms. The molecule has 1 saturated carbocycles. The van der Waals surface area contributed by atoms with Gasteiger partial charge in [-0.3, -0.25) is 9.59 Å². The van der Waals surface area contributed by atoms with Gasteiger partial charge in [-0.1, -0.05) is 55.3 Å². The van der Waals surface area contributed by atoms with Gasteiger partial charge in [0.2, 0.25) is 5.91 Å². The van der Waals surface area contributed by atoms with Gasteiger partial charge in [0.15, 0.2) is 0 Å². The van der Waals surface area contributed by atoms with E-state index in [-0.39, 0.29) is 22.3 Å². The molecule has 0 radical (unpaired) electrons. The Morgan fingerprint density at radius 3 is 2.41 bits per heavy atom. The van der Waals surface area contributed by atoms with E-state index in [1.165, 1.54) is 37.9 Å². The lowest BCUT2D eigenvalue weighted by molar-refractivity contribution is -0.118. The molecule has 7 nitrogen and oxygen atoms in total. The van der Waals surface area contributed by atoms with Gasteiger partial charge in [-0.2, -0.15) is 0 Å². The first-order valence-corrected chi connectivity index (χ1v) is 11.2. The number of pyridine rings is 1. The number of hydrogen-bond acceptors (Lipinski definition) is 5. The van der Waals surface area contributed by atoms with Crippen LogP contribution in [0.1, 0.15) is 59.2 Å². The fourth-order valence-electron chi connectivity index (χ4n) is 3.79. The molecule has 1 fully saturated rings. The zero-order valence-electron chi connectivity index (χ0n) is 17.7. The van der Waals surface area contributed by atoms with Gasteiger partial charge in [0.05, 0.1) is 22.7 Å². The molecule has 0 unspecified atom stereocenters. The average Bonchev–Trinajstić information content (AvgIpc) is 2.81. The lowest BCUT2D eigenvalue weighted by atomic mass is 9.84. The van der Waals surface area contributed by atoms with Gasteiger partial charge in [0.25, 0.3) is 5.91 Å². The maximum atomic E-state index is 13.0. The van der Waals surface area contributed by atoms with Crippen molar-refractivity contribution in [3.8, 4) is 0 Å². The lowest BCUT2D eigenvalue weighted by Crippen LogP contribution is -2.45. The van der Waals surface area contributed by atoms with E-state index in [0.717, 1.165) is 25.7 Å². The molecule has 1 atom stereocenters. The van der Waals surface area contributed by atoms with Crippen molar-refractivity contribution in [1.29, 1.82) is 0 Å². The fourth-order valence-corrected chi connectivity index (χ4v) is 4.08. The Bertz CT molecular complexity index is 976. The number of amides is 2. The molecule has 0 aliphatic heterocycles. The summed E-state index contributed by atoms with van der Waals surface area (Å²) in [5.74, 6) is -0.668. The van der Waals surface area contributed by atoms with Crippen LogP contribution in [0.15, 0.2) is 36.5 Å². The number of rotatable bonds is 7. The standard InChI is InChI=1S/C23H25Cl2N3O4/c1-32-23(31)16-8-10-20(26-13-16)28-22(30)19(11-14-5-3-2-4-6-14)27-21(29)15-7-9-17(24)18(25)12-15/h7-10,12-14,19H,2-6,11H2,1H3,(H,27,29)(H,26,28,30)/t19-/m0/s1. The van der Waals surface area contributed by atoms with Crippen LogP contribution in [0.3, 0.4) is 0 Å². The third kappa shape index (κ3) is 6.43. The van der Waals surface area contributed by atoms with Crippen LogP contribution in [-0.2, 0) is 9.53 Å². The van der Waals surface area contributed by atoms with Crippen LogP contribution in [0.4, 0.5) is 5.82 Å². The zero-order chi connectivity index (χ0) is 23.1. The minimum absolute atomic E-state index is 0.266. The molecule has 0 saturated heterocycles. The quantitative estimate of drug-likeness (QED) is 0.553. The SMILES string of the molecule is COC(=O)c1ccc(NC(=O)[C@H](CC2CCCCC2)NC(=O)c2ccc(Cl)c(Cl)c2)nc1. The fraction of sp³-hybridized carbons (Fsp3) is 0.391. The predicted molar refractivity (Wildman–Crippen MR) is 123 cm³/mol. The summed E-state index contributed by atoms with van der Waals surface area (Å²) < 4.78 is 4.65. The summed E-state index contributed by atoms with van der Waals surface area (Å²) in [7, 11) is 1.28. The first-order chi connectivity index (χ1) is 15.4. The van der Waals surface area contributed by atoms with E-state index in [0.29, 0.717) is 22.9 Å². The molecule has 0 spiro atoms. The Labute approximate surface area is 196 Å². The minimum atomic E-state index is -0.748. The molecule has 3 rings (SSSR count). The molecule has 1 aliphatic carbocycles. The van der Waals surface area contributed by atoms with E-state index >= 15 is 0 Å². The molecule has 1 aromatic heterocycles. The van der Waals surface area contributed by atoms with E-state index in [2.05, 4.69) is 20.4 Å². The third-order valence-electron chi connectivity index (χ3n) is 5.53. The Balaban J connectivity index is 1.73. The monoisotopic (exact) mass is 477 g/mol. The van der Waals surface area contributed by atoms with Crippen LogP contribution >= 0.6 is 23.2 Å². The van der Waals surface area contributed by atoms with E-state index in [1.54, 1.807) is 12.1 Å². The maximum absolute atomic E-state index is 13.0. The van der Waals surface area contributed by atoms with Crippen LogP contribution in [0, 0.1) is 5.92 Å². The van der Waals surface area contributed by atoms with E-state index in [1.807, 2.05) is 0 Å². The smallest absolute Gasteiger partial charge is 0.339 e. The summed E-state index contributed by atoms with van der Waals surface area (Å²) in [5, 5.41) is 6.18. The van der Waals surface area contributed by atoms with Crippen molar-refractivity contribution in [3.63, 3.8) is 0 Å². The molecule has 32 heavy (non-hydrogen) atoms. The van der Waals surface area contributed by atoms with Crippen molar-refractivity contribution < 1.29 is 19.1 Å². The van der Waals surface area contributed by atoms with Gasteiger partial charge >= 0.3 is 5.97 Å². The van der Waals surface area contributed by atoms with Crippen LogP contribution in [-0.4, -0.2) is 35.9 Å². The van der Waals surface area contributed by atoms with Crippen LogP contribution < -0.4 is 10.6 Å². The highest BCUT2D eigenvalue weighted by molar-refractivity contribution is 6.42. The molecular weight excluding hydrogens is 453 g/mol. The number of methoxy groups -OCH3 is 1. The van der Waals surface area contributed by atoms with Crippen LogP contribution in [0.25, 0.3) is 0 Å². The van der Waals surface area contributed by atoms with Gasteiger partial charge in [0.1, 0.15) is 11.9 Å². The normalized spacial score (nSPS) is 15.0. The predicted octanol–water partition coefficient (Wildman–Crippen LogP) is 4.88. The van der Waals surface area contributed by atoms with Crippen LogP contribution in [0.2, 0.25) is 10.0 Å². The molecule has 1 heterocycles. The third-order valence-corrected chi connectivity index (χ3v) is 6.27. The highest BCUT2D eigenvalue weighted by Crippen LogP contribution is 2.28. The number of halogens is 2. The molecule has 9 heteroatoms. The van der Waals surface area contributed by atoms with Crippen molar-refractivity contribution in [2.75, 3.05) is 12.4 Å². The first-order valence-electron chi connectivity index (χ1n) is 10.5. The number of esters is 1. The number of anilines is 1. The highest BCUT2D eigenvalue weighted by atomic mass is 35.5. The van der Waals surface area contributed by atoms with Gasteiger partial charge in [-0.25, -0.2) is 9.78 Å². The summed E-state index contributed by atoms with van der Waals surface area (Å²) in [6.07, 6.45) is 7.34. The number of hydrogen-bond donors (Lipinski definition) is 2. The summed E-state index contributed by atoms with van der Waals surface area (Å²) >= 11 is 12.0. The van der Waals surface area contributed by atoms with E-state index in [9.17, 15) is 14.4 Å². The molecule has 2 amide bonds. The number of nitrogens with one attached hydrogen (secondary N) is 2. The molecule has 2 N–H and O–H groups in total. The number of carbonyl (C=O) groups excluding carboxylic acids is 3. The van der Waals surface area contributed by atoms with Crippen molar-refractivity contribution in [3.05, 3.63) is 57.7 Å². The second-order valence-corrected chi connectivity index (χ2v) is 8.62. The Hall–Kier alpha value is -2.64. The number of ether oxygens (including phenoxy) is 1. The van der Waals surface area contributed by atoms with Gasteiger partial charge < -0.3 is 15.4 Å². The minimum Gasteiger partial charge on any atom is -0.465 e. The highest BCUT2D eigenvalue weighted by Gasteiger charge is 2.27. The lowest BCUT2D eigenvalue weighted by Gasteiger charge is -2.26. The van der Waals surface area contributed by atoms with Crippen molar-refractivity contribution in [1.82, 2.24) is 10.3 Å².